The van der Waals surface area contributed by atoms with Crippen LogP contribution >= 0.6 is 0 Å². The summed E-state index contributed by atoms with van der Waals surface area (Å²) in [7, 11) is 0. The molecule has 0 atom stereocenters. The van der Waals surface area contributed by atoms with Gasteiger partial charge in [-0.05, 0) is 12.1 Å². The molecule has 0 aliphatic rings. The number of rotatable bonds is 1. The van der Waals surface area contributed by atoms with Gasteiger partial charge in [-0.2, -0.15) is 0 Å². The highest BCUT2D eigenvalue weighted by atomic mass is 16.5. The van der Waals surface area contributed by atoms with E-state index in [-0.39, 0.29) is 5.54 Å². The fourth-order valence-electron chi connectivity index (χ4n) is 0.868. The van der Waals surface area contributed by atoms with E-state index < -0.39 is 0 Å². The smallest absolute Gasteiger partial charge is 0.0622 e. The van der Waals surface area contributed by atoms with E-state index in [4.69, 9.17) is 0 Å². The molecule has 0 aromatic heterocycles. The molecular weight excluding hydrogens is 162 g/mol. The van der Waals surface area contributed by atoms with Crippen LogP contribution in [-0.4, -0.2) is 16.5 Å². The molecule has 0 bridgehead atoms. The van der Waals surface area contributed by atoms with Gasteiger partial charge >= 0.3 is 0 Å². The first-order chi connectivity index (χ1) is 6.00. The van der Waals surface area contributed by atoms with Crippen molar-refractivity contribution in [3.63, 3.8) is 0 Å². The molecule has 69 valence electrons. The molecule has 0 unspecified atom stereocenters. The van der Waals surface area contributed by atoms with Gasteiger partial charge in [-0.15, -0.1) is 0 Å². The minimum atomic E-state index is -0.365. The van der Waals surface area contributed by atoms with Crippen molar-refractivity contribution >= 4 is 6.21 Å². The van der Waals surface area contributed by atoms with Crippen LogP contribution in [-0.2, 0) is 5.21 Å². The second kappa shape index (κ2) is 3.60. The summed E-state index contributed by atoms with van der Waals surface area (Å²) < 4.78 is 0.975. The maximum atomic E-state index is 11.5. The maximum Gasteiger partial charge on any atom is 0.228 e. The van der Waals surface area contributed by atoms with Crippen LogP contribution in [0.4, 0.5) is 0 Å². The molecule has 0 heterocycles. The third-order valence-electron chi connectivity index (χ3n) is 1.73. The molecule has 1 aromatic rings. The summed E-state index contributed by atoms with van der Waals surface area (Å²) in [6.45, 7) is 5.66. The molecule has 0 saturated carbocycles. The number of hydroxylamine groups is 1. The zero-order valence-corrected chi connectivity index (χ0v) is 8.32. The Morgan fingerprint density at radius 2 is 1.69 bits per heavy atom. The third-order valence-corrected chi connectivity index (χ3v) is 1.73. The molecule has 0 aliphatic carbocycles. The Hall–Kier alpha value is -1.31. The summed E-state index contributed by atoms with van der Waals surface area (Å²) in [5, 5.41) is 11.5. The number of hydrogen-bond acceptors (Lipinski definition) is 0. The van der Waals surface area contributed by atoms with Gasteiger partial charge in [0.05, 0.1) is 0 Å². The quantitative estimate of drug-likeness (QED) is 0.357. The normalized spacial score (nSPS) is 13.0. The molecule has 13 heavy (non-hydrogen) atoms. The highest BCUT2D eigenvalue weighted by Gasteiger charge is 2.26. The van der Waals surface area contributed by atoms with E-state index in [1.807, 2.05) is 51.1 Å². The number of nitrogens with zero attached hydrogens (tertiary/aromatic N) is 1. The van der Waals surface area contributed by atoms with Gasteiger partial charge in [0.25, 0.3) is 0 Å². The van der Waals surface area contributed by atoms with Crippen LogP contribution in [0.15, 0.2) is 30.3 Å². The van der Waals surface area contributed by atoms with E-state index in [1.54, 1.807) is 6.21 Å². The van der Waals surface area contributed by atoms with Crippen LogP contribution in [0.3, 0.4) is 0 Å². The van der Waals surface area contributed by atoms with Gasteiger partial charge in [-0.3, -0.25) is 0 Å². The lowest BCUT2D eigenvalue weighted by atomic mass is 10.1. The predicted octanol–water partition coefficient (Wildman–Crippen LogP) is 2.26. The van der Waals surface area contributed by atoms with E-state index in [1.165, 1.54) is 0 Å². The Morgan fingerprint density at radius 1 is 1.15 bits per heavy atom. The van der Waals surface area contributed by atoms with E-state index in [2.05, 4.69) is 0 Å². The van der Waals surface area contributed by atoms with Crippen LogP contribution in [0.1, 0.15) is 26.3 Å². The second-order valence-electron chi connectivity index (χ2n) is 4.04. The standard InChI is InChI=1S/C11H15NO/c1-11(2,3)12(13)9-10-7-5-4-6-8-10/h4-9H,1-3H3/q+1/b12-9-. The SMILES string of the molecule is CC(C)(C)/[N+]([O])=C/c1ccccc1. The van der Waals surface area contributed by atoms with Crippen molar-refractivity contribution in [2.45, 2.75) is 26.3 Å². The Labute approximate surface area is 79.1 Å². The third kappa shape index (κ3) is 2.90. The van der Waals surface area contributed by atoms with Crippen molar-refractivity contribution < 1.29 is 9.95 Å². The Balaban J connectivity index is 2.90. The number of hydrogen-bond donors (Lipinski definition) is 0. The highest BCUT2D eigenvalue weighted by molar-refractivity contribution is 5.75. The molecule has 0 saturated heterocycles. The van der Waals surface area contributed by atoms with Gasteiger partial charge in [0.2, 0.25) is 11.8 Å². The molecule has 1 rings (SSSR count). The summed E-state index contributed by atoms with van der Waals surface area (Å²) in [6.07, 6.45) is 1.61. The monoisotopic (exact) mass is 177 g/mol. The van der Waals surface area contributed by atoms with Gasteiger partial charge in [0.1, 0.15) is 0 Å². The topological polar surface area (TPSA) is 22.9 Å². The van der Waals surface area contributed by atoms with Crippen molar-refractivity contribution in [2.75, 3.05) is 0 Å². The minimum Gasteiger partial charge on any atom is -0.0622 e. The summed E-state index contributed by atoms with van der Waals surface area (Å²) >= 11 is 0. The van der Waals surface area contributed by atoms with Crippen LogP contribution in [0.2, 0.25) is 0 Å². The van der Waals surface area contributed by atoms with Crippen LogP contribution < -0.4 is 0 Å². The first-order valence-electron chi connectivity index (χ1n) is 4.36. The van der Waals surface area contributed by atoms with E-state index >= 15 is 0 Å². The lowest BCUT2D eigenvalue weighted by Crippen LogP contribution is -2.30. The van der Waals surface area contributed by atoms with Gasteiger partial charge in [0, 0.05) is 36.3 Å². The zero-order chi connectivity index (χ0) is 9.90. The fourth-order valence-corrected chi connectivity index (χ4v) is 0.868. The van der Waals surface area contributed by atoms with Gasteiger partial charge in [-0.25, -0.2) is 0 Å². The van der Waals surface area contributed by atoms with Crippen LogP contribution in [0.5, 0.6) is 0 Å². The first kappa shape index (κ1) is 9.78. The lowest BCUT2D eigenvalue weighted by molar-refractivity contribution is -0.851. The predicted molar refractivity (Wildman–Crippen MR) is 52.3 cm³/mol. The van der Waals surface area contributed by atoms with Gasteiger partial charge in [0.15, 0.2) is 0 Å². The molecule has 0 amide bonds. The summed E-state index contributed by atoms with van der Waals surface area (Å²) in [4.78, 5) is 0. The molecule has 1 aromatic carbocycles. The highest BCUT2D eigenvalue weighted by Crippen LogP contribution is 2.05. The summed E-state index contributed by atoms with van der Waals surface area (Å²) in [5.41, 5.74) is 0.572. The lowest BCUT2D eigenvalue weighted by Gasteiger charge is -2.05. The maximum absolute atomic E-state index is 11.5. The molecule has 2 nitrogen and oxygen atoms in total. The van der Waals surface area contributed by atoms with E-state index in [9.17, 15) is 5.21 Å². The van der Waals surface area contributed by atoms with Crippen LogP contribution in [0.25, 0.3) is 0 Å². The van der Waals surface area contributed by atoms with Crippen LogP contribution in [0, 0.1) is 0 Å². The molecule has 2 heteroatoms. The van der Waals surface area contributed by atoms with Gasteiger partial charge in [-0.1, -0.05) is 18.2 Å². The van der Waals surface area contributed by atoms with Crippen molar-refractivity contribution in [1.29, 1.82) is 0 Å². The minimum absolute atomic E-state index is 0.365. The molecule has 1 radical (unpaired) electrons. The van der Waals surface area contributed by atoms with E-state index in [0.717, 1.165) is 10.3 Å². The average Bonchev–Trinajstić information content (AvgIpc) is 2.04. The summed E-state index contributed by atoms with van der Waals surface area (Å²) in [6, 6.07) is 9.60. The van der Waals surface area contributed by atoms with Crippen molar-refractivity contribution in [1.82, 2.24) is 0 Å². The largest absolute Gasteiger partial charge is 0.228 e. The van der Waals surface area contributed by atoms with E-state index in [0.29, 0.717) is 0 Å². The summed E-state index contributed by atoms with van der Waals surface area (Å²) in [5.74, 6) is 0. The Bertz CT molecular complexity index is 296. The van der Waals surface area contributed by atoms with Crippen molar-refractivity contribution in [3.05, 3.63) is 35.9 Å². The molecule has 0 aliphatic heterocycles. The zero-order valence-electron chi connectivity index (χ0n) is 8.32. The fraction of sp³-hybridized carbons (Fsp3) is 0.364. The Kier molecular flexibility index (Phi) is 2.71. The first-order valence-corrected chi connectivity index (χ1v) is 4.36. The molecular formula is C11H15NO+. The molecule has 0 N–H and O–H groups in total. The number of benzene rings is 1. The second-order valence-corrected chi connectivity index (χ2v) is 4.04. The average molecular weight is 177 g/mol. The van der Waals surface area contributed by atoms with Gasteiger partial charge < -0.3 is 0 Å². The van der Waals surface area contributed by atoms with Crippen molar-refractivity contribution in [3.8, 4) is 0 Å². The molecule has 0 spiro atoms. The van der Waals surface area contributed by atoms with Crippen molar-refractivity contribution in [2.24, 2.45) is 0 Å². The molecule has 0 fully saturated rings. The Morgan fingerprint density at radius 3 is 2.15 bits per heavy atom.